The third kappa shape index (κ3) is 5.01. The maximum atomic E-state index is 13.0. The van der Waals surface area contributed by atoms with Crippen molar-refractivity contribution in [3.63, 3.8) is 0 Å². The fraction of sp³-hybridized carbons (Fsp3) is 0.917. The van der Waals surface area contributed by atoms with Crippen LogP contribution in [0.15, 0.2) is 0 Å². The second-order valence-electron chi connectivity index (χ2n) is 11.1. The fourth-order valence-corrected chi connectivity index (χ4v) is 5.96. The summed E-state index contributed by atoms with van der Waals surface area (Å²) in [6.07, 6.45) is 9.07. The largest absolute Gasteiger partial charge is 0.353 e. The quantitative estimate of drug-likeness (QED) is 0.759. The molecule has 6 heteroatoms. The Kier molecular flexibility index (Phi) is 6.73. The van der Waals surface area contributed by atoms with Crippen molar-refractivity contribution >= 4 is 11.8 Å². The molecule has 2 aliphatic carbocycles. The number of hydrogen-bond donors (Lipinski definition) is 1. The first kappa shape index (κ1) is 22.1. The normalized spacial score (nSPS) is 35.7. The van der Waals surface area contributed by atoms with Crippen LogP contribution in [0, 0.1) is 23.2 Å². The van der Waals surface area contributed by atoms with Gasteiger partial charge in [0.2, 0.25) is 11.8 Å². The molecule has 2 aliphatic heterocycles. The second kappa shape index (κ2) is 9.15. The molecule has 2 saturated carbocycles. The van der Waals surface area contributed by atoms with Crippen LogP contribution in [0.4, 0.5) is 0 Å². The first-order valence-electron chi connectivity index (χ1n) is 12.1. The zero-order valence-electron chi connectivity index (χ0n) is 19.0. The number of amides is 2. The maximum absolute atomic E-state index is 13.0. The Morgan fingerprint density at radius 3 is 2.17 bits per heavy atom. The van der Waals surface area contributed by atoms with Crippen molar-refractivity contribution in [2.45, 2.75) is 96.8 Å². The van der Waals surface area contributed by atoms with Crippen LogP contribution in [0.2, 0.25) is 0 Å². The Bertz CT molecular complexity index is 615. The molecule has 3 unspecified atom stereocenters. The van der Waals surface area contributed by atoms with Crippen LogP contribution in [0.3, 0.4) is 0 Å². The number of carbonyl (C=O) groups excluding carboxylic acids is 2. The summed E-state index contributed by atoms with van der Waals surface area (Å²) >= 11 is 0. The molecule has 0 radical (unpaired) electrons. The number of likely N-dealkylation sites (tertiary alicyclic amines) is 1. The highest BCUT2D eigenvalue weighted by Crippen LogP contribution is 2.40. The van der Waals surface area contributed by atoms with Gasteiger partial charge in [0, 0.05) is 31.0 Å². The zero-order chi connectivity index (χ0) is 21.3. The van der Waals surface area contributed by atoms with E-state index >= 15 is 0 Å². The van der Waals surface area contributed by atoms with Crippen molar-refractivity contribution in [3.05, 3.63) is 0 Å². The summed E-state index contributed by atoms with van der Waals surface area (Å²) in [7, 11) is 0. The van der Waals surface area contributed by atoms with Gasteiger partial charge < -0.3 is 19.7 Å². The molecule has 0 bridgehead atoms. The van der Waals surface area contributed by atoms with Crippen molar-refractivity contribution in [1.82, 2.24) is 10.2 Å². The minimum atomic E-state index is 0.0316. The average Bonchev–Trinajstić information content (AvgIpc) is 3.21. The lowest BCUT2D eigenvalue weighted by Gasteiger charge is -2.39. The van der Waals surface area contributed by atoms with E-state index in [1.807, 2.05) is 4.90 Å². The van der Waals surface area contributed by atoms with Crippen molar-refractivity contribution in [2.75, 3.05) is 19.9 Å². The zero-order valence-corrected chi connectivity index (χ0v) is 19.0. The molecule has 30 heavy (non-hydrogen) atoms. The summed E-state index contributed by atoms with van der Waals surface area (Å²) in [5, 5.41) is 3.25. The fourth-order valence-electron chi connectivity index (χ4n) is 5.96. The lowest BCUT2D eigenvalue weighted by molar-refractivity contribution is -0.140. The van der Waals surface area contributed by atoms with E-state index in [0.717, 1.165) is 76.8 Å². The summed E-state index contributed by atoms with van der Waals surface area (Å²) in [6.45, 7) is 8.78. The van der Waals surface area contributed by atoms with Gasteiger partial charge in [-0.1, -0.05) is 20.8 Å². The van der Waals surface area contributed by atoms with Crippen molar-refractivity contribution in [1.29, 1.82) is 0 Å². The summed E-state index contributed by atoms with van der Waals surface area (Å²) in [4.78, 5) is 27.8. The molecule has 0 aromatic carbocycles. The second-order valence-corrected chi connectivity index (χ2v) is 11.1. The first-order chi connectivity index (χ1) is 14.3. The van der Waals surface area contributed by atoms with Gasteiger partial charge in [-0.15, -0.1) is 0 Å². The van der Waals surface area contributed by atoms with Crippen molar-refractivity contribution < 1.29 is 19.1 Å². The van der Waals surface area contributed by atoms with E-state index in [0.29, 0.717) is 18.1 Å². The van der Waals surface area contributed by atoms with Gasteiger partial charge in [-0.2, -0.15) is 0 Å². The Labute approximate surface area is 181 Å². The molecule has 170 valence electrons. The average molecular weight is 421 g/mol. The van der Waals surface area contributed by atoms with Gasteiger partial charge in [-0.3, -0.25) is 9.59 Å². The number of nitrogens with zero attached hydrogens (tertiary/aromatic N) is 1. The minimum absolute atomic E-state index is 0.0316. The highest BCUT2D eigenvalue weighted by molar-refractivity contribution is 5.81. The number of nitrogens with one attached hydrogen (secondary N) is 1. The molecule has 0 spiro atoms. The molecule has 0 aromatic rings. The van der Waals surface area contributed by atoms with Crippen LogP contribution in [0.1, 0.15) is 78.6 Å². The summed E-state index contributed by atoms with van der Waals surface area (Å²) < 4.78 is 11.2. The molecule has 4 rings (SSSR count). The molecule has 3 atom stereocenters. The van der Waals surface area contributed by atoms with Gasteiger partial charge in [0.15, 0.2) is 0 Å². The lowest BCUT2D eigenvalue weighted by atomic mass is 9.69. The Hall–Kier alpha value is -1.14. The van der Waals surface area contributed by atoms with Gasteiger partial charge in [-0.25, -0.2) is 0 Å². The highest BCUT2D eigenvalue weighted by atomic mass is 16.7. The van der Waals surface area contributed by atoms with Gasteiger partial charge in [-0.05, 0) is 69.1 Å². The summed E-state index contributed by atoms with van der Waals surface area (Å²) in [5.41, 5.74) is 0.343. The van der Waals surface area contributed by atoms with E-state index < -0.39 is 0 Å². The molecule has 0 aromatic heterocycles. The number of piperidine rings is 1. The maximum Gasteiger partial charge on any atom is 0.225 e. The van der Waals surface area contributed by atoms with Crippen LogP contribution < -0.4 is 5.32 Å². The lowest BCUT2D eigenvalue weighted by Crippen LogP contribution is -2.49. The first-order valence-corrected chi connectivity index (χ1v) is 12.1. The van der Waals surface area contributed by atoms with Crippen LogP contribution in [0.5, 0.6) is 0 Å². The van der Waals surface area contributed by atoms with Gasteiger partial charge in [0.1, 0.15) is 6.79 Å². The minimum Gasteiger partial charge on any atom is -0.353 e. The number of ether oxygens (including phenoxy) is 2. The summed E-state index contributed by atoms with van der Waals surface area (Å²) in [5.74, 6) is 1.45. The smallest absolute Gasteiger partial charge is 0.225 e. The van der Waals surface area contributed by atoms with E-state index in [2.05, 4.69) is 26.1 Å². The number of hydrogen-bond acceptors (Lipinski definition) is 4. The predicted molar refractivity (Wildman–Crippen MR) is 115 cm³/mol. The third-order valence-corrected chi connectivity index (χ3v) is 8.12. The number of rotatable bonds is 3. The topological polar surface area (TPSA) is 67.9 Å². The SMILES string of the molecule is CC(C)(C)C1CCC(C(=O)N2CCC(C(=O)NC3CCC4OCOC4C3)CC2)CC1. The predicted octanol–water partition coefficient (Wildman–Crippen LogP) is 3.49. The number of fused-ring (bicyclic) bond motifs is 1. The molecular weight excluding hydrogens is 380 g/mol. The Morgan fingerprint density at radius 2 is 1.50 bits per heavy atom. The van der Waals surface area contributed by atoms with E-state index in [9.17, 15) is 9.59 Å². The molecule has 2 amide bonds. The molecule has 2 saturated heterocycles. The van der Waals surface area contributed by atoms with Crippen LogP contribution >= 0.6 is 0 Å². The highest BCUT2D eigenvalue weighted by Gasteiger charge is 2.38. The van der Waals surface area contributed by atoms with E-state index in [1.165, 1.54) is 0 Å². The monoisotopic (exact) mass is 420 g/mol. The Morgan fingerprint density at radius 1 is 0.833 bits per heavy atom. The molecule has 4 aliphatic rings. The van der Waals surface area contributed by atoms with E-state index in [-0.39, 0.29) is 36.0 Å². The van der Waals surface area contributed by atoms with Crippen molar-refractivity contribution in [3.8, 4) is 0 Å². The van der Waals surface area contributed by atoms with Crippen LogP contribution in [-0.2, 0) is 19.1 Å². The standard InChI is InChI=1S/C24H40N2O4/c1-24(2,3)18-6-4-17(5-7-18)23(28)26-12-10-16(11-13-26)22(27)25-19-8-9-20-21(14-19)30-15-29-20/h16-21H,4-15H2,1-3H3,(H,25,27). The third-order valence-electron chi connectivity index (χ3n) is 8.12. The van der Waals surface area contributed by atoms with E-state index in [1.54, 1.807) is 0 Å². The van der Waals surface area contributed by atoms with Gasteiger partial charge in [0.05, 0.1) is 12.2 Å². The molecule has 2 heterocycles. The van der Waals surface area contributed by atoms with Crippen LogP contribution in [0.25, 0.3) is 0 Å². The molecular formula is C24H40N2O4. The van der Waals surface area contributed by atoms with E-state index in [4.69, 9.17) is 9.47 Å². The van der Waals surface area contributed by atoms with Crippen LogP contribution in [-0.4, -0.2) is 54.8 Å². The summed E-state index contributed by atoms with van der Waals surface area (Å²) in [6, 6.07) is 0.193. The molecule has 4 fully saturated rings. The van der Waals surface area contributed by atoms with Gasteiger partial charge >= 0.3 is 0 Å². The Balaban J connectivity index is 1.19. The molecule has 1 N–H and O–H groups in total. The molecule has 6 nitrogen and oxygen atoms in total. The van der Waals surface area contributed by atoms with Gasteiger partial charge in [0.25, 0.3) is 0 Å². The van der Waals surface area contributed by atoms with Crippen molar-refractivity contribution in [2.24, 2.45) is 23.2 Å². The number of carbonyl (C=O) groups is 2.